The van der Waals surface area contributed by atoms with Crippen molar-refractivity contribution in [1.29, 1.82) is 0 Å². The third-order valence-corrected chi connectivity index (χ3v) is 7.36. The van der Waals surface area contributed by atoms with Crippen LogP contribution in [0.5, 0.6) is 0 Å². The number of halogens is 5. The van der Waals surface area contributed by atoms with Gasteiger partial charge in [-0.05, 0) is 55.3 Å². The third-order valence-electron chi connectivity index (χ3n) is 6.20. The van der Waals surface area contributed by atoms with Crippen LogP contribution in [-0.4, -0.2) is 32.7 Å². The maximum Gasteiger partial charge on any atom is 0.310 e. The second-order valence-corrected chi connectivity index (χ2v) is 11.1. The van der Waals surface area contributed by atoms with E-state index in [0.29, 0.717) is 49.4 Å². The van der Waals surface area contributed by atoms with Crippen molar-refractivity contribution >= 4 is 15.9 Å². The zero-order valence-corrected chi connectivity index (χ0v) is 19.7. The van der Waals surface area contributed by atoms with E-state index in [1.165, 1.54) is 6.07 Å². The zero-order valence-electron chi connectivity index (χ0n) is 18.9. The van der Waals surface area contributed by atoms with Gasteiger partial charge in [0.1, 0.15) is 4.90 Å². The van der Waals surface area contributed by atoms with Gasteiger partial charge in [0, 0.05) is 31.0 Å². The molecule has 0 radical (unpaired) electrons. The summed E-state index contributed by atoms with van der Waals surface area (Å²) in [6, 6.07) is 15.5. The van der Waals surface area contributed by atoms with E-state index in [1.807, 2.05) is 35.2 Å². The molecule has 2 aromatic heterocycles. The number of rotatable bonds is 5. The molecule has 0 N–H and O–H groups in total. The second kappa shape index (κ2) is 7.92. The Bertz CT molecular complexity index is 1450. The molecule has 12 heteroatoms. The summed E-state index contributed by atoms with van der Waals surface area (Å²) in [7, 11) is -9.69. The van der Waals surface area contributed by atoms with Gasteiger partial charge in [0.25, 0.3) is 0 Å². The molecule has 0 atom stereocenters. The lowest BCUT2D eigenvalue weighted by Gasteiger charge is -2.41. The third kappa shape index (κ3) is 4.85. The molecule has 0 amide bonds. The Morgan fingerprint density at radius 1 is 0.806 bits per heavy atom. The van der Waals surface area contributed by atoms with Crippen LogP contribution >= 0.6 is 10.2 Å². The van der Waals surface area contributed by atoms with Crippen molar-refractivity contribution in [1.82, 2.24) is 19.6 Å². The number of nitrogens with zero attached hydrogens (tertiary/aromatic N) is 5. The van der Waals surface area contributed by atoms with Crippen LogP contribution in [0.25, 0.3) is 17.1 Å². The minimum Gasteiger partial charge on any atom is -0.371 e. The normalized spacial score (nSPS) is 17.0. The Morgan fingerprint density at radius 3 is 2.11 bits per heavy atom. The topological polar surface area (TPSA) is 56.0 Å². The van der Waals surface area contributed by atoms with Crippen LogP contribution in [0.2, 0.25) is 0 Å². The van der Waals surface area contributed by atoms with Crippen molar-refractivity contribution in [3.63, 3.8) is 0 Å². The molecule has 1 fully saturated rings. The molecule has 0 aliphatic carbocycles. The molecule has 36 heavy (non-hydrogen) atoms. The van der Waals surface area contributed by atoms with E-state index in [1.54, 1.807) is 27.8 Å². The Labute approximate surface area is 203 Å². The number of piperidine rings is 1. The number of benzene rings is 2. The maximum atomic E-state index is 13.0. The molecule has 1 aliphatic heterocycles. The Morgan fingerprint density at radius 2 is 1.47 bits per heavy atom. The highest BCUT2D eigenvalue weighted by Crippen LogP contribution is 3.02. The largest absolute Gasteiger partial charge is 0.371 e. The van der Waals surface area contributed by atoms with Crippen LogP contribution in [0.4, 0.5) is 25.1 Å². The molecule has 4 aromatic rings. The molecule has 0 spiro atoms. The van der Waals surface area contributed by atoms with Crippen molar-refractivity contribution in [3.05, 3.63) is 89.3 Å². The van der Waals surface area contributed by atoms with Crippen LogP contribution in [0.3, 0.4) is 0 Å². The van der Waals surface area contributed by atoms with E-state index in [4.69, 9.17) is 0 Å². The van der Waals surface area contributed by atoms with Crippen molar-refractivity contribution in [3.8, 4) is 17.1 Å². The monoisotopic (exact) mass is 523 g/mol. The fourth-order valence-corrected chi connectivity index (χ4v) is 5.01. The van der Waals surface area contributed by atoms with Crippen molar-refractivity contribution < 1.29 is 19.4 Å². The molecule has 1 aliphatic rings. The summed E-state index contributed by atoms with van der Waals surface area (Å²) in [6.07, 6.45) is 4.44. The number of para-hydroxylation sites is 1. The SMILES string of the molecule is O=c1ccn(C2CCN(c3ccc(S(F)(F)(F)(F)F)cc3)CC2)nc1-c1ccnn1-c1ccccc1. The van der Waals surface area contributed by atoms with Gasteiger partial charge in [0.05, 0.1) is 23.6 Å². The summed E-state index contributed by atoms with van der Waals surface area (Å²) in [4.78, 5) is 12.6. The standard InChI is InChI=1S/C24H22F5N5OS/c25-36(26,27,28,29)21-8-6-18(7-9-21)32-15-11-19(12-16-32)33-17-13-23(35)24(31-33)22-10-14-30-34(22)20-4-2-1-3-5-20/h1-10,13-14,17,19H,11-12,15-16H2. The Balaban J connectivity index is 1.34. The van der Waals surface area contributed by atoms with E-state index >= 15 is 0 Å². The van der Waals surface area contributed by atoms with Gasteiger partial charge in [-0.25, -0.2) is 4.68 Å². The van der Waals surface area contributed by atoms with Crippen LogP contribution in [0.1, 0.15) is 18.9 Å². The minimum atomic E-state index is -9.69. The predicted molar refractivity (Wildman–Crippen MR) is 129 cm³/mol. The van der Waals surface area contributed by atoms with E-state index in [9.17, 15) is 24.2 Å². The van der Waals surface area contributed by atoms with Crippen molar-refractivity contribution in [2.24, 2.45) is 0 Å². The molecule has 5 rings (SSSR count). The molecular weight excluding hydrogens is 501 g/mol. The first kappa shape index (κ1) is 24.0. The first-order valence-corrected chi connectivity index (χ1v) is 13.1. The smallest absolute Gasteiger partial charge is 0.310 e. The molecule has 1 saturated heterocycles. The molecule has 0 saturated carbocycles. The first-order valence-electron chi connectivity index (χ1n) is 11.2. The van der Waals surface area contributed by atoms with Gasteiger partial charge >= 0.3 is 10.2 Å². The first-order chi connectivity index (χ1) is 16.9. The fraction of sp³-hybridized carbons (Fsp3) is 0.208. The zero-order chi connectivity index (χ0) is 25.6. The van der Waals surface area contributed by atoms with Crippen molar-refractivity contribution in [2.75, 3.05) is 18.0 Å². The summed E-state index contributed by atoms with van der Waals surface area (Å²) in [6.45, 7) is 0.983. The van der Waals surface area contributed by atoms with Gasteiger partial charge < -0.3 is 4.90 Å². The molecule has 190 valence electrons. The highest BCUT2D eigenvalue weighted by atomic mass is 32.5. The second-order valence-electron chi connectivity index (χ2n) is 8.65. The predicted octanol–water partition coefficient (Wildman–Crippen LogP) is 6.59. The highest BCUT2D eigenvalue weighted by Gasteiger charge is 2.65. The summed E-state index contributed by atoms with van der Waals surface area (Å²) < 4.78 is 68.3. The maximum absolute atomic E-state index is 13.0. The van der Waals surface area contributed by atoms with E-state index < -0.39 is 15.1 Å². The van der Waals surface area contributed by atoms with Crippen LogP contribution in [0.15, 0.2) is 88.8 Å². The molecule has 6 nitrogen and oxygen atoms in total. The van der Waals surface area contributed by atoms with Gasteiger partial charge in [0.15, 0.2) is 5.69 Å². The fourth-order valence-electron chi connectivity index (χ4n) is 4.36. The lowest BCUT2D eigenvalue weighted by atomic mass is 10.0. The number of aromatic nitrogens is 4. The average Bonchev–Trinajstić information content (AvgIpc) is 3.34. The lowest BCUT2D eigenvalue weighted by molar-refractivity contribution is 0.361. The van der Waals surface area contributed by atoms with Gasteiger partial charge in [-0.1, -0.05) is 37.6 Å². The summed E-state index contributed by atoms with van der Waals surface area (Å²) in [5.74, 6) is 0. The summed E-state index contributed by atoms with van der Waals surface area (Å²) >= 11 is 0. The van der Waals surface area contributed by atoms with E-state index in [0.717, 1.165) is 17.8 Å². The highest BCUT2D eigenvalue weighted by molar-refractivity contribution is 8.45. The molecular formula is C24H22F5N5OS. The van der Waals surface area contributed by atoms with Crippen molar-refractivity contribution in [2.45, 2.75) is 23.8 Å². The van der Waals surface area contributed by atoms with Gasteiger partial charge in [-0.3, -0.25) is 9.48 Å². The van der Waals surface area contributed by atoms with E-state index in [2.05, 4.69) is 10.2 Å². The Kier molecular flexibility index (Phi) is 5.29. The van der Waals surface area contributed by atoms with E-state index in [-0.39, 0.29) is 17.2 Å². The number of hydrogen-bond acceptors (Lipinski definition) is 4. The Hall–Kier alpha value is -3.67. The quantitative estimate of drug-likeness (QED) is 0.277. The number of hydrogen-bond donors (Lipinski definition) is 0. The van der Waals surface area contributed by atoms with Gasteiger partial charge in [-0.15, -0.1) is 0 Å². The van der Waals surface area contributed by atoms with Crippen LogP contribution in [-0.2, 0) is 0 Å². The van der Waals surface area contributed by atoms with Crippen LogP contribution in [0, 0.1) is 0 Å². The minimum absolute atomic E-state index is 0.0438. The van der Waals surface area contributed by atoms with Gasteiger partial charge in [0.2, 0.25) is 5.43 Å². The summed E-state index contributed by atoms with van der Waals surface area (Å²) in [5.41, 5.74) is 1.80. The lowest BCUT2D eigenvalue weighted by Crippen LogP contribution is -2.35. The summed E-state index contributed by atoms with van der Waals surface area (Å²) in [5, 5.41) is 8.92. The molecule has 2 aromatic carbocycles. The van der Waals surface area contributed by atoms with Gasteiger partial charge in [-0.2, -0.15) is 10.2 Å². The molecule has 3 heterocycles. The average molecular weight is 524 g/mol. The van der Waals surface area contributed by atoms with Crippen LogP contribution < -0.4 is 10.3 Å². The molecule has 0 bridgehead atoms. The number of anilines is 1. The molecule has 0 unspecified atom stereocenters.